The Hall–Kier alpha value is -2.81. The van der Waals surface area contributed by atoms with Gasteiger partial charge in [0.15, 0.2) is 11.5 Å². The van der Waals surface area contributed by atoms with E-state index in [1.54, 1.807) is 12.1 Å². The Labute approximate surface area is 194 Å². The average Bonchev–Trinajstić information content (AvgIpc) is 3.24. The maximum absolute atomic E-state index is 13.4. The lowest BCUT2D eigenvalue weighted by molar-refractivity contribution is -0.146. The van der Waals surface area contributed by atoms with Gasteiger partial charge in [0.25, 0.3) is 0 Å². The number of carbonyl (C=O) groups is 3. The Morgan fingerprint density at radius 3 is 2.39 bits per heavy atom. The number of rotatable bonds is 5. The van der Waals surface area contributed by atoms with Crippen molar-refractivity contribution in [1.29, 1.82) is 0 Å². The molecule has 0 radical (unpaired) electrons. The van der Waals surface area contributed by atoms with Crippen molar-refractivity contribution in [3.63, 3.8) is 0 Å². The number of hydrogen-bond acceptors (Lipinski definition) is 7. The third-order valence-corrected chi connectivity index (χ3v) is 6.61. The maximum Gasteiger partial charge on any atom is 0.344 e. The van der Waals surface area contributed by atoms with E-state index >= 15 is 0 Å². The highest BCUT2D eigenvalue weighted by Gasteiger charge is 2.48. The average molecular weight is 460 g/mol. The lowest BCUT2D eigenvalue weighted by Gasteiger charge is -2.47. The monoisotopic (exact) mass is 459 g/mol. The van der Waals surface area contributed by atoms with E-state index in [4.69, 9.17) is 14.2 Å². The standard InChI is InChI=1S/C24H33N3O6/c1-23(2)11-13(12-24(3,4)26-23)25-20(29)15-8-10-17(28)27(15)21-14-7-9-16(31-5)19(32-6)18(14)22(30)33-21/h7,9,13,15,21,26H,8,10-12H2,1-6H3,(H,25,29)/t15-,21+/m1/s1. The van der Waals surface area contributed by atoms with Gasteiger partial charge in [-0.2, -0.15) is 0 Å². The number of piperidine rings is 1. The van der Waals surface area contributed by atoms with Gasteiger partial charge in [-0.3, -0.25) is 14.5 Å². The van der Waals surface area contributed by atoms with Gasteiger partial charge < -0.3 is 24.8 Å². The molecular weight excluding hydrogens is 426 g/mol. The van der Waals surface area contributed by atoms with Crippen LogP contribution in [0.25, 0.3) is 0 Å². The molecule has 0 saturated carbocycles. The van der Waals surface area contributed by atoms with Crippen molar-refractivity contribution in [3.05, 3.63) is 23.3 Å². The van der Waals surface area contributed by atoms with E-state index in [0.717, 1.165) is 12.8 Å². The molecule has 3 aliphatic heterocycles. The summed E-state index contributed by atoms with van der Waals surface area (Å²) < 4.78 is 16.3. The number of hydrogen-bond donors (Lipinski definition) is 2. The summed E-state index contributed by atoms with van der Waals surface area (Å²) in [6, 6.07) is 2.62. The topological polar surface area (TPSA) is 106 Å². The van der Waals surface area contributed by atoms with Crippen LogP contribution in [0.1, 0.15) is 75.5 Å². The molecule has 0 unspecified atom stereocenters. The number of benzene rings is 1. The summed E-state index contributed by atoms with van der Waals surface area (Å²) in [5.74, 6) is -0.390. The van der Waals surface area contributed by atoms with Gasteiger partial charge in [-0.05, 0) is 59.1 Å². The van der Waals surface area contributed by atoms with Crippen molar-refractivity contribution in [2.45, 2.75) is 82.8 Å². The van der Waals surface area contributed by atoms with Gasteiger partial charge in [-0.15, -0.1) is 0 Å². The van der Waals surface area contributed by atoms with Gasteiger partial charge in [0, 0.05) is 29.1 Å². The minimum absolute atomic E-state index is 0.0240. The number of methoxy groups -OCH3 is 2. The van der Waals surface area contributed by atoms with Crippen molar-refractivity contribution in [2.75, 3.05) is 14.2 Å². The number of fused-ring (bicyclic) bond motifs is 1. The number of likely N-dealkylation sites (tertiary alicyclic amines) is 1. The van der Waals surface area contributed by atoms with Crippen LogP contribution in [0.4, 0.5) is 0 Å². The van der Waals surface area contributed by atoms with E-state index in [1.807, 2.05) is 0 Å². The molecule has 9 nitrogen and oxygen atoms in total. The Kier molecular flexibility index (Phi) is 5.80. The number of ether oxygens (including phenoxy) is 3. The zero-order chi connectivity index (χ0) is 24.1. The van der Waals surface area contributed by atoms with E-state index in [0.29, 0.717) is 17.7 Å². The summed E-state index contributed by atoms with van der Waals surface area (Å²) >= 11 is 0. The second-order valence-electron chi connectivity index (χ2n) is 10.4. The summed E-state index contributed by atoms with van der Waals surface area (Å²) in [7, 11) is 2.92. The van der Waals surface area contributed by atoms with E-state index in [2.05, 4.69) is 38.3 Å². The van der Waals surface area contributed by atoms with Crippen molar-refractivity contribution < 1.29 is 28.6 Å². The second kappa shape index (κ2) is 8.20. The highest BCUT2D eigenvalue weighted by atomic mass is 16.6. The number of esters is 1. The predicted octanol–water partition coefficient (Wildman–Crippen LogP) is 2.29. The molecule has 180 valence electrons. The molecule has 2 N–H and O–H groups in total. The quantitative estimate of drug-likeness (QED) is 0.651. The summed E-state index contributed by atoms with van der Waals surface area (Å²) in [6.07, 6.45) is 1.18. The zero-order valence-corrected chi connectivity index (χ0v) is 20.1. The van der Waals surface area contributed by atoms with Gasteiger partial charge in [-0.25, -0.2) is 4.79 Å². The first kappa shape index (κ1) is 23.4. The van der Waals surface area contributed by atoms with Crippen LogP contribution in [-0.4, -0.2) is 60.1 Å². The van der Waals surface area contributed by atoms with Crippen molar-refractivity contribution in [1.82, 2.24) is 15.5 Å². The Balaban J connectivity index is 1.59. The van der Waals surface area contributed by atoms with Gasteiger partial charge in [0.05, 0.1) is 14.2 Å². The molecule has 1 aromatic rings. The molecule has 2 fully saturated rings. The minimum atomic E-state index is -0.973. The molecule has 2 amide bonds. The number of carbonyl (C=O) groups excluding carboxylic acids is 3. The molecule has 0 spiro atoms. The molecule has 3 aliphatic rings. The molecule has 4 rings (SSSR count). The van der Waals surface area contributed by atoms with E-state index in [9.17, 15) is 14.4 Å². The molecule has 2 saturated heterocycles. The van der Waals surface area contributed by atoms with Crippen LogP contribution in [0.15, 0.2) is 12.1 Å². The first-order chi connectivity index (χ1) is 15.5. The molecule has 0 aliphatic carbocycles. The first-order valence-corrected chi connectivity index (χ1v) is 11.3. The summed E-state index contributed by atoms with van der Waals surface area (Å²) in [6.45, 7) is 8.48. The van der Waals surface area contributed by atoms with Gasteiger partial charge in [0.2, 0.25) is 18.0 Å². The number of nitrogens with one attached hydrogen (secondary N) is 2. The lowest BCUT2D eigenvalue weighted by Crippen LogP contribution is -2.63. The fourth-order valence-electron chi connectivity index (χ4n) is 5.76. The molecule has 0 aromatic heterocycles. The molecule has 1 aromatic carbocycles. The Morgan fingerprint density at radius 2 is 1.79 bits per heavy atom. The minimum Gasteiger partial charge on any atom is -0.493 e. The van der Waals surface area contributed by atoms with E-state index in [-0.39, 0.29) is 46.7 Å². The van der Waals surface area contributed by atoms with Crippen molar-refractivity contribution in [2.24, 2.45) is 0 Å². The third kappa shape index (κ3) is 4.26. The lowest BCUT2D eigenvalue weighted by atomic mass is 9.79. The fraction of sp³-hybridized carbons (Fsp3) is 0.625. The maximum atomic E-state index is 13.4. The summed E-state index contributed by atoms with van der Waals surface area (Å²) in [5, 5.41) is 6.77. The Bertz CT molecular complexity index is 973. The van der Waals surface area contributed by atoms with Crippen LogP contribution in [0, 0.1) is 0 Å². The normalized spacial score (nSPS) is 26.1. The summed E-state index contributed by atoms with van der Waals surface area (Å²) in [4.78, 5) is 40.3. The van der Waals surface area contributed by atoms with Gasteiger partial charge in [0.1, 0.15) is 11.6 Å². The third-order valence-electron chi connectivity index (χ3n) is 6.61. The van der Waals surface area contributed by atoms with Crippen molar-refractivity contribution in [3.8, 4) is 11.5 Å². The summed E-state index contributed by atoms with van der Waals surface area (Å²) in [5.41, 5.74) is 0.471. The van der Waals surface area contributed by atoms with E-state index in [1.165, 1.54) is 19.1 Å². The van der Waals surface area contributed by atoms with E-state index < -0.39 is 18.2 Å². The van der Waals surface area contributed by atoms with Crippen LogP contribution >= 0.6 is 0 Å². The Morgan fingerprint density at radius 1 is 1.12 bits per heavy atom. The van der Waals surface area contributed by atoms with Crippen LogP contribution in [0.5, 0.6) is 11.5 Å². The van der Waals surface area contributed by atoms with Crippen LogP contribution < -0.4 is 20.1 Å². The SMILES string of the molecule is COc1ccc2c(c1OC)C(=O)O[C@@H]2N1C(=O)CC[C@@H]1C(=O)NC1CC(C)(C)NC(C)(C)C1. The molecule has 9 heteroatoms. The van der Waals surface area contributed by atoms with Crippen LogP contribution in [0.3, 0.4) is 0 Å². The largest absolute Gasteiger partial charge is 0.493 e. The zero-order valence-electron chi connectivity index (χ0n) is 20.1. The molecule has 0 bridgehead atoms. The molecular formula is C24H33N3O6. The number of nitrogens with zero attached hydrogens (tertiary/aromatic N) is 1. The van der Waals surface area contributed by atoms with Gasteiger partial charge in [-0.1, -0.05) is 0 Å². The highest BCUT2D eigenvalue weighted by Crippen LogP contribution is 2.45. The van der Waals surface area contributed by atoms with Gasteiger partial charge >= 0.3 is 5.97 Å². The molecule has 3 heterocycles. The number of amides is 2. The fourth-order valence-corrected chi connectivity index (χ4v) is 5.76. The smallest absolute Gasteiger partial charge is 0.344 e. The molecule has 2 atom stereocenters. The van der Waals surface area contributed by atoms with Crippen molar-refractivity contribution >= 4 is 17.8 Å². The highest BCUT2D eigenvalue weighted by molar-refractivity contribution is 5.99. The predicted molar refractivity (Wildman–Crippen MR) is 120 cm³/mol. The number of cyclic esters (lactones) is 1. The van der Waals surface area contributed by atoms with Crippen LogP contribution in [0.2, 0.25) is 0 Å². The van der Waals surface area contributed by atoms with Crippen LogP contribution in [-0.2, 0) is 14.3 Å². The second-order valence-corrected chi connectivity index (χ2v) is 10.4. The molecule has 33 heavy (non-hydrogen) atoms. The first-order valence-electron chi connectivity index (χ1n) is 11.3.